The Bertz CT molecular complexity index is 185. The molecule has 0 amide bonds. The topological polar surface area (TPSA) is 38.7 Å². The normalized spacial score (nSPS) is 16.9. The molecule has 0 bridgehead atoms. The largest absolute Gasteiger partial charge is 0.384 e. The Hall–Kier alpha value is 0.310. The molecule has 0 aromatic carbocycles. The first-order valence-electron chi connectivity index (χ1n) is 5.83. The van der Waals surface area contributed by atoms with Crippen LogP contribution in [-0.2, 0) is 9.47 Å². The maximum atomic E-state index is 9.03. The first-order chi connectivity index (χ1) is 7.39. The van der Waals surface area contributed by atoms with Crippen molar-refractivity contribution in [3.05, 3.63) is 0 Å². The van der Waals surface area contributed by atoms with Gasteiger partial charge in [-0.1, -0.05) is 27.7 Å². The van der Waals surface area contributed by atoms with Crippen LogP contribution in [0, 0.1) is 10.8 Å². The standard InChI is InChI=1S/C12H27O3P/c1-6-12(4,10-16-13)9-15-8-11(2,3)7-14-5/h13,16H,6-10H2,1-5H3. The fourth-order valence-electron chi connectivity index (χ4n) is 1.48. The molecule has 0 heterocycles. The van der Waals surface area contributed by atoms with E-state index in [0.717, 1.165) is 12.6 Å². The lowest BCUT2D eigenvalue weighted by Gasteiger charge is -2.30. The summed E-state index contributed by atoms with van der Waals surface area (Å²) in [5, 5.41) is 0. The number of ether oxygens (including phenoxy) is 2. The molecule has 0 saturated heterocycles. The van der Waals surface area contributed by atoms with Crippen LogP contribution in [0.3, 0.4) is 0 Å². The summed E-state index contributed by atoms with van der Waals surface area (Å²) in [6.07, 6.45) is 1.86. The van der Waals surface area contributed by atoms with Gasteiger partial charge in [-0.25, -0.2) is 0 Å². The summed E-state index contributed by atoms with van der Waals surface area (Å²) in [5.74, 6) is 0. The quantitative estimate of drug-likeness (QED) is 0.639. The lowest BCUT2D eigenvalue weighted by Crippen LogP contribution is -2.30. The van der Waals surface area contributed by atoms with Crippen LogP contribution >= 0.6 is 8.81 Å². The number of hydrogen-bond donors (Lipinski definition) is 1. The predicted molar refractivity (Wildman–Crippen MR) is 70.3 cm³/mol. The smallest absolute Gasteiger partial charge is 0.0539 e. The molecule has 3 nitrogen and oxygen atoms in total. The minimum atomic E-state index is 0.00953. The Morgan fingerprint density at radius 3 is 2.19 bits per heavy atom. The third-order valence-electron chi connectivity index (χ3n) is 2.84. The van der Waals surface area contributed by atoms with E-state index in [-0.39, 0.29) is 19.6 Å². The zero-order chi connectivity index (χ0) is 12.7. The Labute approximate surface area is 102 Å². The molecule has 0 saturated carbocycles. The third kappa shape index (κ3) is 6.80. The second-order valence-electron chi connectivity index (χ2n) is 5.59. The molecular formula is C12H27O3P. The molecule has 0 spiro atoms. The maximum Gasteiger partial charge on any atom is 0.0539 e. The molecule has 0 rings (SSSR count). The molecule has 0 aromatic rings. The first kappa shape index (κ1) is 16.3. The average Bonchev–Trinajstić information content (AvgIpc) is 2.17. The summed E-state index contributed by atoms with van der Waals surface area (Å²) in [6.45, 7) is 10.7. The minimum Gasteiger partial charge on any atom is -0.384 e. The van der Waals surface area contributed by atoms with Crippen LogP contribution in [0.15, 0.2) is 0 Å². The molecule has 16 heavy (non-hydrogen) atoms. The van der Waals surface area contributed by atoms with Gasteiger partial charge >= 0.3 is 0 Å². The molecular weight excluding hydrogens is 223 g/mol. The first-order valence-corrected chi connectivity index (χ1v) is 6.98. The highest BCUT2D eigenvalue weighted by molar-refractivity contribution is 7.31. The SMILES string of the molecule is CCC(C)(COCC(C)(C)COC)CPO. The van der Waals surface area contributed by atoms with Gasteiger partial charge in [0.05, 0.1) is 19.8 Å². The second-order valence-corrected chi connectivity index (χ2v) is 6.26. The van der Waals surface area contributed by atoms with E-state index in [0.29, 0.717) is 19.8 Å². The Balaban J connectivity index is 3.94. The second kappa shape index (κ2) is 7.60. The van der Waals surface area contributed by atoms with E-state index < -0.39 is 0 Å². The van der Waals surface area contributed by atoms with Crippen LogP contribution in [0.25, 0.3) is 0 Å². The summed E-state index contributed by atoms with van der Waals surface area (Å²) in [6, 6.07) is 0. The lowest BCUT2D eigenvalue weighted by atomic mass is 9.91. The molecule has 1 N–H and O–H groups in total. The lowest BCUT2D eigenvalue weighted by molar-refractivity contribution is -0.0148. The van der Waals surface area contributed by atoms with E-state index in [9.17, 15) is 0 Å². The van der Waals surface area contributed by atoms with E-state index in [1.54, 1.807) is 7.11 Å². The van der Waals surface area contributed by atoms with Crippen molar-refractivity contribution in [1.82, 2.24) is 0 Å². The van der Waals surface area contributed by atoms with Gasteiger partial charge in [-0.15, -0.1) is 0 Å². The van der Waals surface area contributed by atoms with E-state index >= 15 is 0 Å². The summed E-state index contributed by atoms with van der Waals surface area (Å²) >= 11 is 0. The highest BCUT2D eigenvalue weighted by atomic mass is 31.1. The molecule has 0 radical (unpaired) electrons. The Morgan fingerprint density at radius 2 is 1.75 bits per heavy atom. The monoisotopic (exact) mass is 250 g/mol. The van der Waals surface area contributed by atoms with Crippen LogP contribution in [0.1, 0.15) is 34.1 Å². The summed E-state index contributed by atoms with van der Waals surface area (Å²) in [4.78, 5) is 9.03. The minimum absolute atomic E-state index is 0.00953. The van der Waals surface area contributed by atoms with Gasteiger partial charge in [0, 0.05) is 21.3 Å². The Kier molecular flexibility index (Phi) is 7.75. The van der Waals surface area contributed by atoms with Crippen molar-refractivity contribution in [1.29, 1.82) is 0 Å². The number of rotatable bonds is 9. The van der Waals surface area contributed by atoms with Gasteiger partial charge in [0.15, 0.2) is 0 Å². The van der Waals surface area contributed by atoms with Gasteiger partial charge in [0.2, 0.25) is 0 Å². The highest BCUT2D eigenvalue weighted by Crippen LogP contribution is 2.29. The van der Waals surface area contributed by atoms with Crippen molar-refractivity contribution < 1.29 is 14.4 Å². The predicted octanol–water partition coefficient (Wildman–Crippen LogP) is 2.68. The van der Waals surface area contributed by atoms with E-state index in [1.807, 2.05) is 0 Å². The molecule has 4 heteroatoms. The Morgan fingerprint density at radius 1 is 1.12 bits per heavy atom. The van der Waals surface area contributed by atoms with E-state index in [4.69, 9.17) is 14.4 Å². The van der Waals surface area contributed by atoms with Crippen LogP contribution < -0.4 is 0 Å². The molecule has 0 aliphatic rings. The summed E-state index contributed by atoms with van der Waals surface area (Å²) < 4.78 is 10.9. The number of methoxy groups -OCH3 is 1. The van der Waals surface area contributed by atoms with Gasteiger partial charge in [0.1, 0.15) is 0 Å². The van der Waals surface area contributed by atoms with Crippen molar-refractivity contribution in [3.63, 3.8) is 0 Å². The highest BCUT2D eigenvalue weighted by Gasteiger charge is 2.24. The van der Waals surface area contributed by atoms with Crippen molar-refractivity contribution >= 4 is 8.81 Å². The van der Waals surface area contributed by atoms with Crippen molar-refractivity contribution in [3.8, 4) is 0 Å². The molecule has 0 aliphatic heterocycles. The molecule has 0 aromatic heterocycles. The van der Waals surface area contributed by atoms with E-state index in [2.05, 4.69) is 27.7 Å². The zero-order valence-electron chi connectivity index (χ0n) is 11.3. The van der Waals surface area contributed by atoms with Crippen molar-refractivity contribution in [2.24, 2.45) is 10.8 Å². The fourth-order valence-corrected chi connectivity index (χ4v) is 2.21. The molecule has 2 atom stereocenters. The number of hydrogen-bond acceptors (Lipinski definition) is 3. The van der Waals surface area contributed by atoms with Gasteiger partial charge in [-0.05, 0) is 18.0 Å². The van der Waals surface area contributed by atoms with Crippen LogP contribution in [0.5, 0.6) is 0 Å². The van der Waals surface area contributed by atoms with Crippen molar-refractivity contribution in [2.75, 3.05) is 33.1 Å². The van der Waals surface area contributed by atoms with Gasteiger partial charge in [-0.3, -0.25) is 0 Å². The van der Waals surface area contributed by atoms with Crippen LogP contribution in [-0.4, -0.2) is 38.0 Å². The van der Waals surface area contributed by atoms with Crippen molar-refractivity contribution in [2.45, 2.75) is 34.1 Å². The van der Waals surface area contributed by atoms with Crippen LogP contribution in [0.4, 0.5) is 0 Å². The maximum absolute atomic E-state index is 9.03. The molecule has 0 fully saturated rings. The van der Waals surface area contributed by atoms with Gasteiger partial charge < -0.3 is 14.4 Å². The van der Waals surface area contributed by atoms with Gasteiger partial charge in [0.25, 0.3) is 0 Å². The summed E-state index contributed by atoms with van der Waals surface area (Å²) in [5.41, 5.74) is 0.168. The third-order valence-corrected chi connectivity index (χ3v) is 3.85. The van der Waals surface area contributed by atoms with Gasteiger partial charge in [-0.2, -0.15) is 0 Å². The molecule has 98 valence electrons. The molecule has 0 aliphatic carbocycles. The van der Waals surface area contributed by atoms with Crippen LogP contribution in [0.2, 0.25) is 0 Å². The van der Waals surface area contributed by atoms with E-state index in [1.165, 1.54) is 0 Å². The zero-order valence-corrected chi connectivity index (χ0v) is 12.3. The summed E-state index contributed by atoms with van der Waals surface area (Å²) in [7, 11) is 1.72. The average molecular weight is 250 g/mol. The molecule has 2 unspecified atom stereocenters. The fraction of sp³-hybridized carbons (Fsp3) is 1.00.